The average Bonchev–Trinajstić information content (AvgIpc) is 3.00. The number of rotatable bonds is 8. The molecule has 0 fully saturated rings. The van der Waals surface area contributed by atoms with Crippen LogP contribution in [0.2, 0.25) is 0 Å². The molecule has 128 valence electrons. The lowest BCUT2D eigenvalue weighted by molar-refractivity contribution is -0.116. The first-order valence-electron chi connectivity index (χ1n) is 7.38. The Morgan fingerprint density at radius 1 is 1.17 bits per heavy atom. The molecule has 2 aromatic rings. The van der Waals surface area contributed by atoms with E-state index in [4.69, 9.17) is 0 Å². The molecule has 0 aliphatic carbocycles. The maximum absolute atomic E-state index is 11.9. The average molecular weight is 429 g/mol. The number of nitrogens with zero attached hydrogens (tertiary/aromatic N) is 2. The molecule has 0 bridgehead atoms. The topological polar surface area (TPSA) is 84.0 Å². The van der Waals surface area contributed by atoms with Gasteiger partial charge in [-0.15, -0.1) is 10.2 Å². The Kier molecular flexibility index (Phi) is 7.67. The molecular weight excluding hydrogens is 412 g/mol. The van der Waals surface area contributed by atoms with Crippen LogP contribution in [0.1, 0.15) is 26.2 Å². The maximum Gasteiger partial charge on any atom is 0.234 e. The summed E-state index contributed by atoms with van der Waals surface area (Å²) in [7, 11) is 0. The molecule has 1 aromatic heterocycles. The van der Waals surface area contributed by atoms with Gasteiger partial charge in [-0.1, -0.05) is 52.4 Å². The number of hydrogen-bond acceptors (Lipinski definition) is 6. The molecule has 0 saturated carbocycles. The summed E-state index contributed by atoms with van der Waals surface area (Å²) in [6, 6.07) is 7.37. The minimum Gasteiger partial charge on any atom is -0.325 e. The van der Waals surface area contributed by atoms with Gasteiger partial charge in [0.2, 0.25) is 16.9 Å². The van der Waals surface area contributed by atoms with Crippen molar-refractivity contribution in [2.45, 2.75) is 30.5 Å². The first-order chi connectivity index (χ1) is 11.6. The highest BCUT2D eigenvalue weighted by atomic mass is 79.9. The third-order valence-electron chi connectivity index (χ3n) is 2.86. The monoisotopic (exact) mass is 428 g/mol. The van der Waals surface area contributed by atoms with Crippen LogP contribution in [0.25, 0.3) is 0 Å². The Balaban J connectivity index is 1.76. The van der Waals surface area contributed by atoms with Crippen molar-refractivity contribution in [2.75, 3.05) is 16.4 Å². The fraction of sp³-hybridized carbons (Fsp3) is 0.333. The van der Waals surface area contributed by atoms with E-state index >= 15 is 0 Å². The number of halogens is 1. The van der Waals surface area contributed by atoms with Crippen LogP contribution in [-0.2, 0) is 9.59 Å². The molecule has 2 N–H and O–H groups in total. The molecule has 0 aliphatic heterocycles. The van der Waals surface area contributed by atoms with Gasteiger partial charge in [0, 0.05) is 16.6 Å². The van der Waals surface area contributed by atoms with Crippen LogP contribution in [-0.4, -0.2) is 27.8 Å². The molecule has 0 spiro atoms. The zero-order valence-corrected chi connectivity index (χ0v) is 16.3. The van der Waals surface area contributed by atoms with Crippen molar-refractivity contribution in [2.24, 2.45) is 0 Å². The van der Waals surface area contributed by atoms with E-state index in [9.17, 15) is 9.59 Å². The second-order valence-corrected chi connectivity index (χ2v) is 7.98. The molecule has 24 heavy (non-hydrogen) atoms. The van der Waals surface area contributed by atoms with Crippen LogP contribution in [0, 0.1) is 0 Å². The Morgan fingerprint density at radius 2 is 1.92 bits per heavy atom. The maximum atomic E-state index is 11.9. The Bertz CT molecular complexity index is 691. The summed E-state index contributed by atoms with van der Waals surface area (Å²) in [5.41, 5.74) is 0.741. The van der Waals surface area contributed by atoms with Crippen molar-refractivity contribution in [3.63, 3.8) is 0 Å². The van der Waals surface area contributed by atoms with E-state index in [1.54, 1.807) is 0 Å². The number of benzene rings is 1. The van der Waals surface area contributed by atoms with Gasteiger partial charge in [-0.05, 0) is 30.7 Å². The summed E-state index contributed by atoms with van der Waals surface area (Å²) in [5, 5.41) is 13.9. The first-order valence-corrected chi connectivity index (χ1v) is 9.98. The molecule has 1 heterocycles. The Hall–Kier alpha value is -1.45. The number of amides is 2. The zero-order valence-electron chi connectivity index (χ0n) is 13.0. The number of nitrogens with one attached hydrogen (secondary N) is 2. The second-order valence-electron chi connectivity index (χ2n) is 4.87. The molecule has 9 heteroatoms. The highest BCUT2D eigenvalue weighted by Crippen LogP contribution is 2.25. The molecule has 6 nitrogen and oxygen atoms in total. The number of unbranched alkanes of at least 4 members (excludes halogenated alkanes) is 1. The predicted octanol–water partition coefficient (Wildman–Crippen LogP) is 4.16. The normalized spacial score (nSPS) is 10.4. The molecule has 2 amide bonds. The van der Waals surface area contributed by atoms with E-state index in [0.717, 1.165) is 23.0 Å². The molecule has 0 saturated heterocycles. The fourth-order valence-electron chi connectivity index (χ4n) is 1.70. The van der Waals surface area contributed by atoms with E-state index in [1.165, 1.54) is 23.1 Å². The third-order valence-corrected chi connectivity index (χ3v) is 5.37. The van der Waals surface area contributed by atoms with Crippen molar-refractivity contribution in [1.82, 2.24) is 10.2 Å². The van der Waals surface area contributed by atoms with Gasteiger partial charge in [0.1, 0.15) is 0 Å². The highest BCUT2D eigenvalue weighted by molar-refractivity contribution is 9.10. The Labute approximate surface area is 157 Å². The van der Waals surface area contributed by atoms with Crippen LogP contribution in [0.3, 0.4) is 0 Å². The molecule has 0 atom stereocenters. The minimum absolute atomic E-state index is 0.0578. The number of hydrogen-bond donors (Lipinski definition) is 2. The summed E-state index contributed by atoms with van der Waals surface area (Å²) in [6.45, 7) is 2.03. The van der Waals surface area contributed by atoms with Gasteiger partial charge >= 0.3 is 0 Å². The van der Waals surface area contributed by atoms with E-state index in [2.05, 4.69) is 36.8 Å². The number of carbonyl (C=O) groups excluding carboxylic acids is 2. The first kappa shape index (κ1) is 18.9. The minimum atomic E-state index is -0.119. The summed E-state index contributed by atoms with van der Waals surface area (Å²) in [4.78, 5) is 23.5. The fourth-order valence-corrected chi connectivity index (χ4v) is 3.53. The lowest BCUT2D eigenvalue weighted by atomic mass is 10.2. The van der Waals surface area contributed by atoms with Crippen molar-refractivity contribution in [3.05, 3.63) is 28.7 Å². The van der Waals surface area contributed by atoms with Crippen molar-refractivity contribution >= 4 is 61.7 Å². The third kappa shape index (κ3) is 6.58. The number of thioether (sulfide) groups is 1. The van der Waals surface area contributed by atoms with Crippen LogP contribution >= 0.6 is 39.0 Å². The van der Waals surface area contributed by atoms with Crippen molar-refractivity contribution in [3.8, 4) is 0 Å². The molecule has 1 aromatic carbocycles. The lowest BCUT2D eigenvalue weighted by Crippen LogP contribution is -2.13. The SMILES string of the molecule is CCCCC(=O)Nc1nnc(SCC(=O)Nc2ccc(Br)cc2)s1. The van der Waals surface area contributed by atoms with Crippen molar-refractivity contribution < 1.29 is 9.59 Å². The van der Waals surface area contributed by atoms with Crippen LogP contribution in [0.15, 0.2) is 33.1 Å². The largest absolute Gasteiger partial charge is 0.325 e. The summed E-state index contributed by atoms with van der Waals surface area (Å²) in [5.74, 6) is 0.0534. The van der Waals surface area contributed by atoms with Crippen LogP contribution in [0.4, 0.5) is 10.8 Å². The van der Waals surface area contributed by atoms with E-state index < -0.39 is 0 Å². The van der Waals surface area contributed by atoms with Gasteiger partial charge in [-0.3, -0.25) is 9.59 Å². The molecule has 0 unspecified atom stereocenters. The summed E-state index contributed by atoms with van der Waals surface area (Å²) >= 11 is 5.90. The van der Waals surface area contributed by atoms with Gasteiger partial charge in [-0.25, -0.2) is 0 Å². The summed E-state index contributed by atoms with van der Waals surface area (Å²) in [6.07, 6.45) is 2.30. The van der Waals surface area contributed by atoms with E-state index in [1.807, 2.05) is 31.2 Å². The smallest absolute Gasteiger partial charge is 0.234 e. The second kappa shape index (κ2) is 9.75. The predicted molar refractivity (Wildman–Crippen MR) is 102 cm³/mol. The van der Waals surface area contributed by atoms with Gasteiger partial charge in [0.05, 0.1) is 5.75 Å². The molecule has 0 aliphatic rings. The standard InChI is InChI=1S/C15H17BrN4O2S2/c1-2-3-4-12(21)18-14-19-20-15(24-14)23-9-13(22)17-11-7-5-10(16)6-8-11/h5-8H,2-4,9H2,1H3,(H,17,22)(H,18,19,21). The lowest BCUT2D eigenvalue weighted by Gasteiger charge is -2.03. The van der Waals surface area contributed by atoms with Gasteiger partial charge in [0.15, 0.2) is 4.34 Å². The van der Waals surface area contributed by atoms with Crippen molar-refractivity contribution in [1.29, 1.82) is 0 Å². The van der Waals surface area contributed by atoms with Gasteiger partial charge < -0.3 is 10.6 Å². The van der Waals surface area contributed by atoms with Gasteiger partial charge in [-0.2, -0.15) is 0 Å². The quantitative estimate of drug-likeness (QED) is 0.486. The number of anilines is 2. The Morgan fingerprint density at radius 3 is 2.62 bits per heavy atom. The zero-order chi connectivity index (χ0) is 17.4. The molecule has 2 rings (SSSR count). The summed E-state index contributed by atoms with van der Waals surface area (Å²) < 4.78 is 1.60. The van der Waals surface area contributed by atoms with Gasteiger partial charge in [0.25, 0.3) is 0 Å². The number of carbonyl (C=O) groups is 2. The van der Waals surface area contributed by atoms with Crippen LogP contribution in [0.5, 0.6) is 0 Å². The van der Waals surface area contributed by atoms with Crippen LogP contribution < -0.4 is 10.6 Å². The molecule has 0 radical (unpaired) electrons. The van der Waals surface area contributed by atoms with E-state index in [-0.39, 0.29) is 17.6 Å². The number of aromatic nitrogens is 2. The molecular formula is C15H17BrN4O2S2. The highest BCUT2D eigenvalue weighted by Gasteiger charge is 2.10. The van der Waals surface area contributed by atoms with E-state index in [0.29, 0.717) is 15.9 Å².